The van der Waals surface area contributed by atoms with Crippen molar-refractivity contribution in [3.63, 3.8) is 0 Å². The van der Waals surface area contributed by atoms with Crippen LogP contribution < -0.4 is 10.1 Å². The number of carbonyl (C=O) groups excluding carboxylic acids is 1. The molecule has 18 heavy (non-hydrogen) atoms. The van der Waals surface area contributed by atoms with Gasteiger partial charge in [-0.3, -0.25) is 9.78 Å². The van der Waals surface area contributed by atoms with Gasteiger partial charge in [0.1, 0.15) is 11.5 Å². The van der Waals surface area contributed by atoms with Crippen LogP contribution in [0, 0.1) is 0 Å². The molecule has 1 heterocycles. The van der Waals surface area contributed by atoms with Crippen molar-refractivity contribution in [3.05, 3.63) is 48.3 Å². The smallest absolute Gasteiger partial charge is 0.257 e. The molecule has 0 radical (unpaired) electrons. The predicted molar refractivity (Wildman–Crippen MR) is 66.8 cm³/mol. The Morgan fingerprint density at radius 1 is 1.33 bits per heavy atom. The van der Waals surface area contributed by atoms with Crippen molar-refractivity contribution in [2.75, 3.05) is 12.4 Å². The molecular weight excluding hydrogens is 232 g/mol. The Hall–Kier alpha value is -2.56. The maximum Gasteiger partial charge on any atom is 0.257 e. The lowest BCUT2D eigenvalue weighted by Crippen LogP contribution is -2.12. The number of amides is 1. The fraction of sp³-hybridized carbons (Fsp3) is 0.0769. The third-order valence-corrected chi connectivity index (χ3v) is 2.31. The molecule has 2 aromatic rings. The van der Waals surface area contributed by atoms with Gasteiger partial charge < -0.3 is 15.2 Å². The van der Waals surface area contributed by atoms with Crippen molar-refractivity contribution in [2.45, 2.75) is 0 Å². The first kappa shape index (κ1) is 11.9. The molecule has 0 spiro atoms. The highest BCUT2D eigenvalue weighted by molar-refractivity contribution is 6.04. The number of aromatic nitrogens is 1. The number of rotatable bonds is 3. The first-order valence-corrected chi connectivity index (χ1v) is 5.28. The number of pyridine rings is 1. The molecular formula is C13H12N2O3. The Kier molecular flexibility index (Phi) is 3.43. The highest BCUT2D eigenvalue weighted by Gasteiger charge is 2.07. The van der Waals surface area contributed by atoms with E-state index in [9.17, 15) is 9.90 Å². The number of benzene rings is 1. The molecule has 5 nitrogen and oxygen atoms in total. The number of aromatic hydroxyl groups is 1. The normalized spacial score (nSPS) is 9.83. The van der Waals surface area contributed by atoms with E-state index in [0.29, 0.717) is 11.4 Å². The molecule has 0 atom stereocenters. The van der Waals surface area contributed by atoms with Crippen molar-refractivity contribution in [1.29, 1.82) is 0 Å². The average molecular weight is 244 g/mol. The number of carbonyl (C=O) groups is 1. The average Bonchev–Trinajstić information content (AvgIpc) is 2.39. The highest BCUT2D eigenvalue weighted by Crippen LogP contribution is 2.18. The van der Waals surface area contributed by atoms with E-state index in [2.05, 4.69) is 10.3 Å². The minimum atomic E-state index is -0.341. The standard InChI is InChI=1S/C13H12N2O3/c1-18-12-4-2-3-10(6-12)15-13(17)9-5-11(16)8-14-7-9/h2-8,16H,1H3,(H,15,17). The van der Waals surface area contributed by atoms with Crippen molar-refractivity contribution in [3.8, 4) is 11.5 Å². The van der Waals surface area contributed by atoms with E-state index in [1.165, 1.54) is 18.5 Å². The van der Waals surface area contributed by atoms with Crippen LogP contribution in [0.3, 0.4) is 0 Å². The van der Waals surface area contributed by atoms with E-state index in [1.54, 1.807) is 31.4 Å². The molecule has 0 bridgehead atoms. The molecule has 1 aromatic carbocycles. The van der Waals surface area contributed by atoms with Crippen LogP contribution in [0.4, 0.5) is 5.69 Å². The van der Waals surface area contributed by atoms with Gasteiger partial charge in [0.05, 0.1) is 18.9 Å². The lowest BCUT2D eigenvalue weighted by Gasteiger charge is -2.06. The summed E-state index contributed by atoms with van der Waals surface area (Å²) < 4.78 is 5.06. The Morgan fingerprint density at radius 3 is 2.89 bits per heavy atom. The molecule has 0 saturated heterocycles. The third kappa shape index (κ3) is 2.76. The van der Waals surface area contributed by atoms with Crippen LogP contribution in [-0.2, 0) is 0 Å². The van der Waals surface area contributed by atoms with E-state index < -0.39 is 0 Å². The number of anilines is 1. The van der Waals surface area contributed by atoms with E-state index in [1.807, 2.05) is 0 Å². The van der Waals surface area contributed by atoms with Crippen molar-refractivity contribution in [2.24, 2.45) is 0 Å². The number of ether oxygens (including phenoxy) is 1. The van der Waals surface area contributed by atoms with Crippen molar-refractivity contribution in [1.82, 2.24) is 4.98 Å². The minimum Gasteiger partial charge on any atom is -0.506 e. The topological polar surface area (TPSA) is 71.5 Å². The summed E-state index contributed by atoms with van der Waals surface area (Å²) in [5, 5.41) is 11.9. The summed E-state index contributed by atoms with van der Waals surface area (Å²) in [5.41, 5.74) is 0.903. The number of hydrogen-bond acceptors (Lipinski definition) is 4. The molecule has 5 heteroatoms. The molecule has 0 aliphatic rings. The van der Waals surface area contributed by atoms with E-state index in [0.717, 1.165) is 0 Å². The van der Waals surface area contributed by atoms with Crippen LogP contribution in [0.25, 0.3) is 0 Å². The summed E-state index contributed by atoms with van der Waals surface area (Å²) in [6, 6.07) is 8.36. The lowest BCUT2D eigenvalue weighted by molar-refractivity contribution is 0.102. The summed E-state index contributed by atoms with van der Waals surface area (Å²) in [4.78, 5) is 15.6. The molecule has 2 rings (SSSR count). The van der Waals surface area contributed by atoms with Gasteiger partial charge in [-0.25, -0.2) is 0 Å². The number of nitrogens with one attached hydrogen (secondary N) is 1. The van der Waals surface area contributed by atoms with Crippen LogP contribution in [0.1, 0.15) is 10.4 Å². The number of methoxy groups -OCH3 is 1. The zero-order valence-corrected chi connectivity index (χ0v) is 9.75. The second kappa shape index (κ2) is 5.18. The second-order valence-electron chi connectivity index (χ2n) is 3.62. The van der Waals surface area contributed by atoms with E-state index in [-0.39, 0.29) is 17.2 Å². The summed E-state index contributed by atoms with van der Waals surface area (Å²) in [5.74, 6) is 0.266. The number of hydrogen-bond donors (Lipinski definition) is 2. The van der Waals surface area contributed by atoms with Gasteiger partial charge in [0.15, 0.2) is 0 Å². The predicted octanol–water partition coefficient (Wildman–Crippen LogP) is 2.05. The Morgan fingerprint density at radius 2 is 2.17 bits per heavy atom. The van der Waals surface area contributed by atoms with Gasteiger partial charge in [-0.15, -0.1) is 0 Å². The summed E-state index contributed by atoms with van der Waals surface area (Å²) in [6.45, 7) is 0. The zero-order chi connectivity index (χ0) is 13.0. The SMILES string of the molecule is COc1cccc(NC(=O)c2cncc(O)c2)c1. The van der Waals surface area contributed by atoms with Gasteiger partial charge in [-0.1, -0.05) is 6.07 Å². The van der Waals surface area contributed by atoms with E-state index in [4.69, 9.17) is 4.74 Å². The molecule has 0 unspecified atom stereocenters. The molecule has 92 valence electrons. The molecule has 1 aromatic heterocycles. The minimum absolute atomic E-state index is 0.0479. The molecule has 0 fully saturated rings. The number of nitrogens with zero attached hydrogens (tertiary/aromatic N) is 1. The van der Waals surface area contributed by atoms with Crippen LogP contribution in [0.5, 0.6) is 11.5 Å². The van der Waals surface area contributed by atoms with Gasteiger partial charge >= 0.3 is 0 Å². The Labute approximate surface area is 104 Å². The molecule has 2 N–H and O–H groups in total. The third-order valence-electron chi connectivity index (χ3n) is 2.31. The monoisotopic (exact) mass is 244 g/mol. The van der Waals surface area contributed by atoms with Gasteiger partial charge in [0, 0.05) is 18.0 Å². The van der Waals surface area contributed by atoms with Crippen LogP contribution in [-0.4, -0.2) is 23.1 Å². The summed E-state index contributed by atoms with van der Waals surface area (Å²) >= 11 is 0. The van der Waals surface area contributed by atoms with Gasteiger partial charge in [0.2, 0.25) is 0 Å². The molecule has 0 aliphatic carbocycles. The van der Waals surface area contributed by atoms with Crippen LogP contribution in [0.2, 0.25) is 0 Å². The fourth-order valence-electron chi connectivity index (χ4n) is 1.46. The second-order valence-corrected chi connectivity index (χ2v) is 3.62. The summed E-state index contributed by atoms with van der Waals surface area (Å²) in [6.07, 6.45) is 2.65. The molecule has 1 amide bonds. The van der Waals surface area contributed by atoms with Crippen LogP contribution in [0.15, 0.2) is 42.7 Å². The van der Waals surface area contributed by atoms with Crippen molar-refractivity contribution >= 4 is 11.6 Å². The first-order chi connectivity index (χ1) is 8.69. The fourth-order valence-corrected chi connectivity index (χ4v) is 1.46. The quantitative estimate of drug-likeness (QED) is 0.866. The molecule has 0 aliphatic heterocycles. The van der Waals surface area contributed by atoms with Crippen molar-refractivity contribution < 1.29 is 14.6 Å². The maximum atomic E-state index is 11.9. The van der Waals surface area contributed by atoms with Gasteiger partial charge in [-0.05, 0) is 18.2 Å². The lowest BCUT2D eigenvalue weighted by atomic mass is 10.2. The first-order valence-electron chi connectivity index (χ1n) is 5.28. The van der Waals surface area contributed by atoms with Gasteiger partial charge in [0.25, 0.3) is 5.91 Å². The largest absolute Gasteiger partial charge is 0.506 e. The van der Waals surface area contributed by atoms with Crippen LogP contribution >= 0.6 is 0 Å². The van der Waals surface area contributed by atoms with Gasteiger partial charge in [-0.2, -0.15) is 0 Å². The summed E-state index contributed by atoms with van der Waals surface area (Å²) in [7, 11) is 1.56. The van der Waals surface area contributed by atoms with E-state index >= 15 is 0 Å². The Bertz CT molecular complexity index is 570. The highest BCUT2D eigenvalue weighted by atomic mass is 16.5. The zero-order valence-electron chi connectivity index (χ0n) is 9.75. The Balaban J connectivity index is 2.16. The molecule has 0 saturated carbocycles. The maximum absolute atomic E-state index is 11.9.